The molecule has 102 valence electrons. The fourth-order valence-corrected chi connectivity index (χ4v) is 2.61. The van der Waals surface area contributed by atoms with Crippen molar-refractivity contribution in [2.24, 2.45) is 18.1 Å². The lowest BCUT2D eigenvalue weighted by atomic mass is 10.1. The molecule has 1 amide bonds. The van der Waals surface area contributed by atoms with Crippen molar-refractivity contribution in [1.82, 2.24) is 9.78 Å². The SMILES string of the molecule is Cn1cc2cc(N3CC(CN=[N+]=[N-])CC3=O)ccc2n1. The van der Waals surface area contributed by atoms with Crippen molar-refractivity contribution in [2.45, 2.75) is 6.42 Å². The van der Waals surface area contributed by atoms with Crippen LogP contribution in [-0.2, 0) is 11.8 Å². The van der Waals surface area contributed by atoms with Crippen LogP contribution in [0.15, 0.2) is 29.5 Å². The monoisotopic (exact) mass is 270 g/mol. The number of azide groups is 1. The Balaban J connectivity index is 1.86. The number of carbonyl (C=O) groups excluding carboxylic acids is 1. The molecule has 1 aromatic carbocycles. The van der Waals surface area contributed by atoms with Gasteiger partial charge in [0.2, 0.25) is 5.91 Å². The lowest BCUT2D eigenvalue weighted by Gasteiger charge is -2.16. The maximum Gasteiger partial charge on any atom is 0.227 e. The molecule has 7 nitrogen and oxygen atoms in total. The summed E-state index contributed by atoms with van der Waals surface area (Å²) < 4.78 is 1.75. The van der Waals surface area contributed by atoms with Gasteiger partial charge in [0.25, 0.3) is 0 Å². The van der Waals surface area contributed by atoms with Crippen LogP contribution in [0, 0.1) is 5.92 Å². The summed E-state index contributed by atoms with van der Waals surface area (Å²) in [6, 6.07) is 5.79. The van der Waals surface area contributed by atoms with Crippen molar-refractivity contribution in [2.75, 3.05) is 18.0 Å². The Morgan fingerprint density at radius 3 is 3.20 bits per heavy atom. The van der Waals surface area contributed by atoms with E-state index in [1.807, 2.05) is 31.4 Å². The average Bonchev–Trinajstić information content (AvgIpc) is 2.97. The molecule has 2 aromatic rings. The second-order valence-electron chi connectivity index (χ2n) is 5.03. The lowest BCUT2D eigenvalue weighted by molar-refractivity contribution is -0.117. The van der Waals surface area contributed by atoms with E-state index in [2.05, 4.69) is 15.1 Å². The zero-order valence-electron chi connectivity index (χ0n) is 11.1. The molecular formula is C13H14N6O. The van der Waals surface area contributed by atoms with Crippen LogP contribution >= 0.6 is 0 Å². The fraction of sp³-hybridized carbons (Fsp3) is 0.385. The quantitative estimate of drug-likeness (QED) is 0.486. The molecule has 2 heterocycles. The average molecular weight is 270 g/mol. The fourth-order valence-electron chi connectivity index (χ4n) is 2.61. The van der Waals surface area contributed by atoms with Gasteiger partial charge in [-0.3, -0.25) is 9.48 Å². The normalized spacial score (nSPS) is 18.6. The van der Waals surface area contributed by atoms with E-state index in [-0.39, 0.29) is 11.8 Å². The minimum Gasteiger partial charge on any atom is -0.312 e. The van der Waals surface area contributed by atoms with Crippen molar-refractivity contribution in [1.29, 1.82) is 0 Å². The van der Waals surface area contributed by atoms with E-state index in [9.17, 15) is 4.79 Å². The molecule has 1 atom stereocenters. The highest BCUT2D eigenvalue weighted by molar-refractivity contribution is 5.97. The number of nitrogens with zero attached hydrogens (tertiary/aromatic N) is 6. The van der Waals surface area contributed by atoms with E-state index in [1.54, 1.807) is 9.58 Å². The Hall–Kier alpha value is -2.53. The van der Waals surface area contributed by atoms with Crippen LogP contribution in [0.2, 0.25) is 0 Å². The molecule has 1 saturated heterocycles. The van der Waals surface area contributed by atoms with E-state index >= 15 is 0 Å². The molecule has 0 aliphatic carbocycles. The Kier molecular flexibility index (Phi) is 3.04. The third-order valence-electron chi connectivity index (χ3n) is 3.52. The minimum atomic E-state index is 0.0754. The number of rotatable bonds is 3. The number of amides is 1. The maximum absolute atomic E-state index is 12.1. The van der Waals surface area contributed by atoms with Gasteiger partial charge in [0.05, 0.1) is 5.52 Å². The number of aromatic nitrogens is 2. The van der Waals surface area contributed by atoms with Gasteiger partial charge in [-0.2, -0.15) is 5.10 Å². The molecule has 0 spiro atoms. The highest BCUT2D eigenvalue weighted by Gasteiger charge is 2.30. The first-order valence-corrected chi connectivity index (χ1v) is 6.42. The first-order chi connectivity index (χ1) is 9.67. The van der Waals surface area contributed by atoms with Crippen LogP contribution in [-0.4, -0.2) is 28.8 Å². The van der Waals surface area contributed by atoms with E-state index < -0.39 is 0 Å². The van der Waals surface area contributed by atoms with Gasteiger partial charge in [-0.15, -0.1) is 0 Å². The summed E-state index contributed by atoms with van der Waals surface area (Å²) in [5.41, 5.74) is 10.1. The highest BCUT2D eigenvalue weighted by Crippen LogP contribution is 2.27. The topological polar surface area (TPSA) is 86.9 Å². The summed E-state index contributed by atoms with van der Waals surface area (Å²) in [5, 5.41) is 8.88. The van der Waals surface area contributed by atoms with E-state index in [0.717, 1.165) is 16.6 Å². The van der Waals surface area contributed by atoms with Crippen molar-refractivity contribution >= 4 is 22.5 Å². The number of benzene rings is 1. The molecule has 0 N–H and O–H groups in total. The number of aryl methyl sites for hydroxylation is 1. The predicted molar refractivity (Wildman–Crippen MR) is 75.2 cm³/mol. The molecule has 3 rings (SSSR count). The first-order valence-electron chi connectivity index (χ1n) is 6.42. The summed E-state index contributed by atoms with van der Waals surface area (Å²) in [7, 11) is 1.87. The number of hydrogen-bond donors (Lipinski definition) is 0. The Bertz CT molecular complexity index is 715. The molecule has 1 unspecified atom stereocenters. The molecular weight excluding hydrogens is 256 g/mol. The largest absolute Gasteiger partial charge is 0.312 e. The smallest absolute Gasteiger partial charge is 0.227 e. The molecule has 1 fully saturated rings. The molecule has 0 radical (unpaired) electrons. The van der Waals surface area contributed by atoms with Gasteiger partial charge in [-0.05, 0) is 29.6 Å². The van der Waals surface area contributed by atoms with Gasteiger partial charge in [0.15, 0.2) is 0 Å². The maximum atomic E-state index is 12.1. The first kappa shape index (κ1) is 12.5. The Morgan fingerprint density at radius 2 is 2.40 bits per heavy atom. The third kappa shape index (κ3) is 2.19. The van der Waals surface area contributed by atoms with Crippen LogP contribution in [0.5, 0.6) is 0 Å². The van der Waals surface area contributed by atoms with Gasteiger partial charge in [0, 0.05) is 48.7 Å². The third-order valence-corrected chi connectivity index (χ3v) is 3.52. The van der Waals surface area contributed by atoms with Crippen molar-refractivity contribution in [3.8, 4) is 0 Å². The van der Waals surface area contributed by atoms with Gasteiger partial charge < -0.3 is 4.90 Å². The Morgan fingerprint density at radius 1 is 1.55 bits per heavy atom. The molecule has 1 aliphatic rings. The van der Waals surface area contributed by atoms with Crippen LogP contribution in [0.25, 0.3) is 21.3 Å². The molecule has 7 heteroatoms. The predicted octanol–water partition coefficient (Wildman–Crippen LogP) is 2.24. The van der Waals surface area contributed by atoms with Crippen molar-refractivity contribution < 1.29 is 4.79 Å². The summed E-state index contributed by atoms with van der Waals surface area (Å²) in [4.78, 5) is 16.6. The van der Waals surface area contributed by atoms with Crippen LogP contribution < -0.4 is 4.90 Å². The second kappa shape index (κ2) is 4.86. The summed E-state index contributed by atoms with van der Waals surface area (Å²) in [6.07, 6.45) is 2.36. The van der Waals surface area contributed by atoms with E-state index in [1.165, 1.54) is 0 Å². The molecule has 0 bridgehead atoms. The number of carbonyl (C=O) groups is 1. The van der Waals surface area contributed by atoms with Gasteiger partial charge in [-0.25, -0.2) is 0 Å². The zero-order valence-corrected chi connectivity index (χ0v) is 11.1. The van der Waals surface area contributed by atoms with Crippen LogP contribution in [0.4, 0.5) is 5.69 Å². The Labute approximate surface area is 115 Å². The molecule has 1 aromatic heterocycles. The van der Waals surface area contributed by atoms with E-state index in [4.69, 9.17) is 5.53 Å². The summed E-state index contributed by atoms with van der Waals surface area (Å²) >= 11 is 0. The number of fused-ring (bicyclic) bond motifs is 1. The van der Waals surface area contributed by atoms with Gasteiger partial charge in [-0.1, -0.05) is 5.11 Å². The lowest BCUT2D eigenvalue weighted by Crippen LogP contribution is -2.24. The molecule has 20 heavy (non-hydrogen) atoms. The molecule has 0 saturated carbocycles. The van der Waals surface area contributed by atoms with Gasteiger partial charge >= 0.3 is 0 Å². The standard InChI is InChI=1S/C13H14N6O/c1-18-8-10-5-11(2-3-12(10)16-18)19-7-9(4-13(19)20)6-15-17-14/h2-3,5,8-9H,4,6-7H2,1H3. The second-order valence-corrected chi connectivity index (χ2v) is 5.03. The number of anilines is 1. The van der Waals surface area contributed by atoms with Crippen molar-refractivity contribution in [3.63, 3.8) is 0 Å². The van der Waals surface area contributed by atoms with Crippen molar-refractivity contribution in [3.05, 3.63) is 34.8 Å². The highest BCUT2D eigenvalue weighted by atomic mass is 16.2. The molecule has 1 aliphatic heterocycles. The number of hydrogen-bond acceptors (Lipinski definition) is 3. The minimum absolute atomic E-state index is 0.0754. The van der Waals surface area contributed by atoms with Crippen LogP contribution in [0.1, 0.15) is 6.42 Å². The summed E-state index contributed by atoms with van der Waals surface area (Å²) in [5.74, 6) is 0.175. The van der Waals surface area contributed by atoms with E-state index in [0.29, 0.717) is 19.5 Å². The zero-order chi connectivity index (χ0) is 14.1. The van der Waals surface area contributed by atoms with Gasteiger partial charge in [0.1, 0.15) is 0 Å². The summed E-state index contributed by atoms with van der Waals surface area (Å²) in [6.45, 7) is 0.970. The van der Waals surface area contributed by atoms with Crippen LogP contribution in [0.3, 0.4) is 0 Å².